The van der Waals surface area contributed by atoms with E-state index in [9.17, 15) is 0 Å². The van der Waals surface area contributed by atoms with Gasteiger partial charge in [0.25, 0.3) is 0 Å². The van der Waals surface area contributed by atoms with Crippen molar-refractivity contribution in [3.8, 4) is 0 Å². The monoisotopic (exact) mass is 147 g/mol. The Balaban J connectivity index is 2.45. The lowest BCUT2D eigenvalue weighted by atomic mass is 11.0. The second kappa shape index (κ2) is 1.51. The summed E-state index contributed by atoms with van der Waals surface area (Å²) in [5.74, 6) is 0. The highest BCUT2D eigenvalue weighted by Gasteiger charge is 1.95. The van der Waals surface area contributed by atoms with Gasteiger partial charge in [0.2, 0.25) is 0 Å². The summed E-state index contributed by atoms with van der Waals surface area (Å²) in [6, 6.07) is 0. The van der Waals surface area contributed by atoms with Gasteiger partial charge in [0.1, 0.15) is 11.3 Å². The van der Waals surface area contributed by atoms with E-state index in [-0.39, 0.29) is 0 Å². The molecule has 0 aliphatic carbocycles. The summed E-state index contributed by atoms with van der Waals surface area (Å²) in [4.78, 5) is 0. The van der Waals surface area contributed by atoms with Crippen molar-refractivity contribution in [1.82, 2.24) is 10.6 Å². The molecule has 0 saturated carbocycles. The summed E-state index contributed by atoms with van der Waals surface area (Å²) in [5, 5.41) is 6.80. The molecule has 0 saturated heterocycles. The molecule has 0 amide bonds. The van der Waals surface area contributed by atoms with E-state index in [1.54, 1.807) is 0 Å². The first kappa shape index (κ1) is 3.99. The molecule has 0 aromatic rings. The van der Waals surface area contributed by atoms with Crippen LogP contribution in [0.25, 0.3) is 0 Å². The number of hydrogen-bond donors (Lipinski definition) is 1. The topological polar surface area (TPSA) is 26.1 Å². The highest BCUT2D eigenvalue weighted by molar-refractivity contribution is 9.11. The van der Waals surface area contributed by atoms with Crippen LogP contribution in [-0.2, 0) is 0 Å². The average molecular weight is 148 g/mol. The summed E-state index contributed by atoms with van der Waals surface area (Å²) in [6.45, 7) is 0.723. The van der Waals surface area contributed by atoms with Crippen molar-refractivity contribution >= 4 is 15.9 Å². The molecule has 0 aromatic carbocycles. The van der Waals surface area contributed by atoms with Gasteiger partial charge in [-0.2, -0.15) is 0 Å². The molecule has 0 fully saturated rings. The van der Waals surface area contributed by atoms with Crippen LogP contribution in [0, 0.1) is 0 Å². The summed E-state index contributed by atoms with van der Waals surface area (Å²) in [6.07, 6.45) is 1.82. The van der Waals surface area contributed by atoms with Crippen LogP contribution in [0.1, 0.15) is 0 Å². The fourth-order valence-corrected chi connectivity index (χ4v) is 0.584. The molecule has 0 spiro atoms. The Morgan fingerprint density at radius 1 is 2.00 bits per heavy atom. The fraction of sp³-hybridized carbons (Fsp3) is 0.333. The van der Waals surface area contributed by atoms with E-state index in [0.717, 1.165) is 11.3 Å². The second-order valence-electron chi connectivity index (χ2n) is 0.987. The number of halogens is 1. The van der Waals surface area contributed by atoms with Crippen molar-refractivity contribution in [3.05, 3.63) is 10.8 Å². The molecule has 1 N–H and O–H groups in total. The Morgan fingerprint density at radius 2 is 2.83 bits per heavy atom. The van der Waals surface area contributed by atoms with Gasteiger partial charge in [0.15, 0.2) is 0 Å². The molecule has 6 heavy (non-hydrogen) atoms. The molecule has 3 heteroatoms. The highest BCUT2D eigenvalue weighted by atomic mass is 79.9. The number of hydrogen-bond acceptors (Lipinski definition) is 1. The number of nitrogens with one attached hydrogen (secondary N) is 1. The molecular formula is C3H4BrN2. The minimum atomic E-state index is 0.723. The maximum Gasteiger partial charge on any atom is 0.118 e. The number of rotatable bonds is 0. The van der Waals surface area contributed by atoms with E-state index in [0.29, 0.717) is 0 Å². The molecule has 1 rings (SSSR count). The molecule has 0 unspecified atom stereocenters. The third kappa shape index (κ3) is 0.653. The molecule has 1 heterocycles. The first-order valence-electron chi connectivity index (χ1n) is 1.66. The average Bonchev–Trinajstić information content (AvgIpc) is 1.86. The van der Waals surface area contributed by atoms with E-state index in [1.165, 1.54) is 0 Å². The Hall–Kier alpha value is -0.180. The van der Waals surface area contributed by atoms with Gasteiger partial charge in [-0.3, -0.25) is 5.32 Å². The van der Waals surface area contributed by atoms with E-state index in [4.69, 9.17) is 0 Å². The SMILES string of the molecule is BrC1=CNC[N]1. The van der Waals surface area contributed by atoms with E-state index >= 15 is 0 Å². The van der Waals surface area contributed by atoms with E-state index in [2.05, 4.69) is 26.6 Å². The summed E-state index contributed by atoms with van der Waals surface area (Å²) in [5.41, 5.74) is 0. The summed E-state index contributed by atoms with van der Waals surface area (Å²) in [7, 11) is 0. The Morgan fingerprint density at radius 3 is 3.00 bits per heavy atom. The van der Waals surface area contributed by atoms with Gasteiger partial charge in [0.05, 0.1) is 0 Å². The molecule has 0 aromatic heterocycles. The van der Waals surface area contributed by atoms with E-state index < -0.39 is 0 Å². The van der Waals surface area contributed by atoms with Crippen molar-refractivity contribution < 1.29 is 0 Å². The predicted octanol–water partition coefficient (Wildman–Crippen LogP) is 0.345. The van der Waals surface area contributed by atoms with Crippen LogP contribution in [0.4, 0.5) is 0 Å². The minimum Gasteiger partial charge on any atom is -0.370 e. The third-order valence-corrected chi connectivity index (χ3v) is 1.02. The first-order chi connectivity index (χ1) is 2.89. The Kier molecular flexibility index (Phi) is 1.01. The molecule has 0 atom stereocenters. The molecule has 1 radical (unpaired) electrons. The zero-order valence-electron chi connectivity index (χ0n) is 3.11. The normalized spacial score (nSPS) is 18.5. The second-order valence-corrected chi connectivity index (χ2v) is 1.80. The Labute approximate surface area is 44.7 Å². The van der Waals surface area contributed by atoms with Crippen LogP contribution in [0.5, 0.6) is 0 Å². The standard InChI is InChI=1S/C3H4BrN2/c4-3-1-5-2-6-3/h1,5H,2H2. The van der Waals surface area contributed by atoms with Crippen molar-refractivity contribution in [3.63, 3.8) is 0 Å². The largest absolute Gasteiger partial charge is 0.370 e. The molecule has 1 aliphatic heterocycles. The van der Waals surface area contributed by atoms with Crippen LogP contribution in [0.3, 0.4) is 0 Å². The smallest absolute Gasteiger partial charge is 0.118 e. The molecular weight excluding hydrogens is 144 g/mol. The van der Waals surface area contributed by atoms with Crippen molar-refractivity contribution in [1.29, 1.82) is 0 Å². The summed E-state index contributed by atoms with van der Waals surface area (Å²) < 4.78 is 0.905. The maximum atomic E-state index is 3.90. The number of nitrogens with zero attached hydrogens (tertiary/aromatic N) is 1. The molecule has 2 nitrogen and oxygen atoms in total. The van der Waals surface area contributed by atoms with Gasteiger partial charge in [0, 0.05) is 6.20 Å². The quantitative estimate of drug-likeness (QED) is 0.492. The van der Waals surface area contributed by atoms with Crippen molar-refractivity contribution in [2.45, 2.75) is 0 Å². The van der Waals surface area contributed by atoms with Crippen LogP contribution in [0.2, 0.25) is 0 Å². The zero-order valence-corrected chi connectivity index (χ0v) is 4.70. The van der Waals surface area contributed by atoms with Gasteiger partial charge in [-0.1, -0.05) is 0 Å². The van der Waals surface area contributed by atoms with Crippen molar-refractivity contribution in [2.24, 2.45) is 0 Å². The maximum absolute atomic E-state index is 3.90. The lowest BCUT2D eigenvalue weighted by Crippen LogP contribution is -2.05. The molecule has 1 aliphatic rings. The van der Waals surface area contributed by atoms with Crippen LogP contribution < -0.4 is 10.6 Å². The highest BCUT2D eigenvalue weighted by Crippen LogP contribution is 2.01. The summed E-state index contributed by atoms with van der Waals surface area (Å²) >= 11 is 3.17. The van der Waals surface area contributed by atoms with Gasteiger partial charge in [-0.05, 0) is 15.9 Å². The third-order valence-electron chi connectivity index (χ3n) is 0.543. The van der Waals surface area contributed by atoms with Crippen LogP contribution in [0.15, 0.2) is 10.8 Å². The molecule has 33 valence electrons. The minimum absolute atomic E-state index is 0.723. The Bertz CT molecular complexity index is 78.9. The van der Waals surface area contributed by atoms with E-state index in [1.807, 2.05) is 6.20 Å². The van der Waals surface area contributed by atoms with Crippen LogP contribution in [-0.4, -0.2) is 6.67 Å². The van der Waals surface area contributed by atoms with Gasteiger partial charge in [-0.25, -0.2) is 0 Å². The van der Waals surface area contributed by atoms with Crippen LogP contribution >= 0.6 is 15.9 Å². The first-order valence-corrected chi connectivity index (χ1v) is 2.45. The lowest BCUT2D eigenvalue weighted by Gasteiger charge is -1.81. The molecule has 0 bridgehead atoms. The predicted molar refractivity (Wildman–Crippen MR) is 27.1 cm³/mol. The lowest BCUT2D eigenvalue weighted by molar-refractivity contribution is 0.819. The van der Waals surface area contributed by atoms with Gasteiger partial charge in [-0.15, -0.1) is 0 Å². The zero-order chi connectivity index (χ0) is 4.41. The van der Waals surface area contributed by atoms with Crippen molar-refractivity contribution in [2.75, 3.05) is 6.67 Å². The van der Waals surface area contributed by atoms with Gasteiger partial charge < -0.3 is 5.32 Å². The van der Waals surface area contributed by atoms with Gasteiger partial charge >= 0.3 is 0 Å². The fourth-order valence-electron chi connectivity index (χ4n) is 0.297.